The summed E-state index contributed by atoms with van der Waals surface area (Å²) in [7, 11) is -8.85. The van der Waals surface area contributed by atoms with Gasteiger partial charge in [-0.15, -0.1) is 0 Å². The summed E-state index contributed by atoms with van der Waals surface area (Å²) in [4.78, 5) is 14.5. The maximum Gasteiger partial charge on any atom is 0.248 e. The van der Waals surface area contributed by atoms with E-state index in [2.05, 4.69) is 4.98 Å². The van der Waals surface area contributed by atoms with Gasteiger partial charge in [-0.05, 0) is 42.5 Å². The van der Waals surface area contributed by atoms with Crippen molar-refractivity contribution in [2.75, 3.05) is 0 Å². The molecule has 1 amide bonds. The Labute approximate surface area is 177 Å². The normalized spacial score (nSPS) is 12.2. The smallest absolute Gasteiger partial charge is 0.248 e. The van der Waals surface area contributed by atoms with E-state index in [1.165, 1.54) is 24.3 Å². The third-order valence-electron chi connectivity index (χ3n) is 4.53. The summed E-state index contributed by atoms with van der Waals surface area (Å²) in [5.41, 5.74) is 6.18. The van der Waals surface area contributed by atoms with Gasteiger partial charge in [0.15, 0.2) is 5.58 Å². The zero-order valence-corrected chi connectivity index (χ0v) is 17.4. The van der Waals surface area contributed by atoms with Gasteiger partial charge < -0.3 is 10.2 Å². The van der Waals surface area contributed by atoms with Crippen molar-refractivity contribution in [1.82, 2.24) is 4.98 Å². The molecule has 9 nitrogen and oxygen atoms in total. The fourth-order valence-corrected chi connectivity index (χ4v) is 5.94. The van der Waals surface area contributed by atoms with Crippen molar-refractivity contribution in [3.05, 3.63) is 72.3 Å². The van der Waals surface area contributed by atoms with Gasteiger partial charge in [-0.1, -0.05) is 24.3 Å². The molecule has 1 aromatic heterocycles. The average molecular weight is 457 g/mol. The highest BCUT2D eigenvalue weighted by Gasteiger charge is 2.30. The molecule has 158 valence electrons. The van der Waals surface area contributed by atoms with Crippen molar-refractivity contribution < 1.29 is 26.0 Å². The molecule has 4 aromatic rings. The molecule has 0 bridgehead atoms. The molecule has 0 saturated carbocycles. The zero-order valence-electron chi connectivity index (χ0n) is 15.7. The Balaban J connectivity index is 2.04. The first kappa shape index (κ1) is 20.7. The third kappa shape index (κ3) is 3.69. The summed E-state index contributed by atoms with van der Waals surface area (Å²) in [6.45, 7) is 0. The number of hydrogen-bond acceptors (Lipinski definition) is 7. The number of fused-ring (bicyclic) bond motifs is 1. The van der Waals surface area contributed by atoms with E-state index in [4.69, 9.17) is 15.3 Å². The van der Waals surface area contributed by atoms with Crippen LogP contribution < -0.4 is 10.9 Å². The molecule has 0 atom stereocenters. The molecule has 31 heavy (non-hydrogen) atoms. The van der Waals surface area contributed by atoms with Crippen LogP contribution in [0.25, 0.3) is 22.6 Å². The van der Waals surface area contributed by atoms with Crippen molar-refractivity contribution in [2.45, 2.75) is 14.7 Å². The van der Waals surface area contributed by atoms with Crippen molar-refractivity contribution in [3.8, 4) is 11.5 Å². The Hall–Kier alpha value is -3.54. The number of primary sulfonamides is 1. The Bertz CT molecular complexity index is 1520. The molecule has 0 unspecified atom stereocenters. The Morgan fingerprint density at radius 2 is 1.48 bits per heavy atom. The van der Waals surface area contributed by atoms with Crippen LogP contribution in [0, 0.1) is 0 Å². The van der Waals surface area contributed by atoms with Crippen LogP contribution in [0.4, 0.5) is 0 Å². The lowest BCUT2D eigenvalue weighted by Crippen LogP contribution is -2.18. The van der Waals surface area contributed by atoms with Gasteiger partial charge in [0.25, 0.3) is 0 Å². The second-order valence-electron chi connectivity index (χ2n) is 6.56. The van der Waals surface area contributed by atoms with E-state index in [-0.39, 0.29) is 17.0 Å². The van der Waals surface area contributed by atoms with Gasteiger partial charge >= 0.3 is 0 Å². The van der Waals surface area contributed by atoms with Crippen LogP contribution in [0.5, 0.6) is 0 Å². The summed E-state index contributed by atoms with van der Waals surface area (Å²) in [6.07, 6.45) is 0. The van der Waals surface area contributed by atoms with Gasteiger partial charge in [0.2, 0.25) is 31.7 Å². The summed E-state index contributed by atoms with van der Waals surface area (Å²) in [6, 6.07) is 15.4. The number of nitrogens with zero attached hydrogens (tertiary/aromatic N) is 1. The van der Waals surface area contributed by atoms with E-state index in [9.17, 15) is 21.6 Å². The minimum atomic E-state index is -4.49. The van der Waals surface area contributed by atoms with Crippen LogP contribution in [-0.2, 0) is 19.9 Å². The number of amides is 1. The molecule has 0 spiro atoms. The summed E-state index contributed by atoms with van der Waals surface area (Å²) in [5, 5.41) is 5.21. The molecule has 0 fully saturated rings. The maximum absolute atomic E-state index is 13.5. The van der Waals surface area contributed by atoms with Crippen LogP contribution in [0.3, 0.4) is 0 Å². The van der Waals surface area contributed by atoms with Gasteiger partial charge in [-0.25, -0.2) is 27.0 Å². The first-order valence-electron chi connectivity index (χ1n) is 8.76. The number of benzene rings is 3. The predicted octanol–water partition coefficient (Wildman–Crippen LogP) is 2.07. The first-order valence-corrected chi connectivity index (χ1v) is 11.8. The number of primary amides is 1. The van der Waals surface area contributed by atoms with Gasteiger partial charge in [0.1, 0.15) is 10.4 Å². The van der Waals surface area contributed by atoms with Crippen molar-refractivity contribution in [2.24, 2.45) is 10.9 Å². The number of para-hydroxylation sites is 2. The number of sulfone groups is 1. The van der Waals surface area contributed by atoms with Gasteiger partial charge in [0, 0.05) is 5.56 Å². The fraction of sp³-hybridized carbons (Fsp3) is 0. The number of carbonyl (C=O) groups is 1. The van der Waals surface area contributed by atoms with Gasteiger partial charge in [-0.2, -0.15) is 0 Å². The molecule has 4 rings (SSSR count). The van der Waals surface area contributed by atoms with Crippen molar-refractivity contribution >= 4 is 36.9 Å². The van der Waals surface area contributed by atoms with E-state index in [0.717, 1.165) is 18.2 Å². The summed E-state index contributed by atoms with van der Waals surface area (Å²) >= 11 is 0. The highest BCUT2D eigenvalue weighted by molar-refractivity contribution is 7.93. The minimum Gasteiger partial charge on any atom is -0.436 e. The SMILES string of the molecule is NC(=O)c1ccc(-c2nc3ccccc3o2)c(S(=O)(=O)c2ccccc2S(N)(=O)=O)c1. The zero-order chi connectivity index (χ0) is 22.4. The van der Waals surface area contributed by atoms with Crippen LogP contribution in [0.1, 0.15) is 10.4 Å². The second kappa shape index (κ2) is 7.30. The lowest BCUT2D eigenvalue weighted by Gasteiger charge is -2.12. The van der Waals surface area contributed by atoms with Gasteiger partial charge in [-0.3, -0.25) is 4.79 Å². The molecule has 0 aliphatic heterocycles. The fourth-order valence-electron chi connectivity index (χ4n) is 3.09. The van der Waals surface area contributed by atoms with E-state index in [1.807, 2.05) is 0 Å². The van der Waals surface area contributed by atoms with Crippen LogP contribution in [0.2, 0.25) is 0 Å². The molecule has 4 N–H and O–H groups in total. The molecule has 0 aliphatic rings. The average Bonchev–Trinajstić information content (AvgIpc) is 3.17. The molecule has 1 heterocycles. The first-order chi connectivity index (χ1) is 14.6. The van der Waals surface area contributed by atoms with Gasteiger partial charge in [0.05, 0.1) is 15.4 Å². The Morgan fingerprint density at radius 1 is 0.839 bits per heavy atom. The Kier molecular flexibility index (Phi) is 4.88. The van der Waals surface area contributed by atoms with E-state index in [1.54, 1.807) is 24.3 Å². The molecule has 11 heteroatoms. The molecular weight excluding hydrogens is 442 g/mol. The number of oxazole rings is 1. The predicted molar refractivity (Wildman–Crippen MR) is 111 cm³/mol. The number of sulfonamides is 1. The third-order valence-corrected chi connectivity index (χ3v) is 7.48. The number of aromatic nitrogens is 1. The molecular formula is C20H15N3O6S2. The van der Waals surface area contributed by atoms with Crippen LogP contribution >= 0.6 is 0 Å². The standard InChI is InChI=1S/C20H15N3O6S2/c21-19(24)12-9-10-13(20-23-14-5-1-2-6-15(14)29-20)18(11-12)30(25,26)16-7-3-4-8-17(16)31(22,27)28/h1-11H,(H2,21,24)(H2,22,27,28). The number of nitrogens with two attached hydrogens (primary N) is 2. The number of hydrogen-bond donors (Lipinski definition) is 2. The molecule has 3 aromatic carbocycles. The molecule has 0 radical (unpaired) electrons. The lowest BCUT2D eigenvalue weighted by atomic mass is 10.1. The van der Waals surface area contributed by atoms with Crippen LogP contribution in [-0.4, -0.2) is 27.7 Å². The minimum absolute atomic E-state index is 0.0242. The number of carbonyl (C=O) groups excluding carboxylic acids is 1. The topological polar surface area (TPSA) is 163 Å². The van der Waals surface area contributed by atoms with Crippen LogP contribution in [0.15, 0.2) is 85.8 Å². The quantitative estimate of drug-likeness (QED) is 0.463. The Morgan fingerprint density at radius 3 is 2.13 bits per heavy atom. The maximum atomic E-state index is 13.5. The summed E-state index contributed by atoms with van der Waals surface area (Å²) < 4.78 is 56.8. The highest BCUT2D eigenvalue weighted by atomic mass is 32.2. The van der Waals surface area contributed by atoms with E-state index in [0.29, 0.717) is 11.1 Å². The second-order valence-corrected chi connectivity index (χ2v) is 9.97. The lowest BCUT2D eigenvalue weighted by molar-refractivity contribution is 0.1000. The van der Waals surface area contributed by atoms with E-state index < -0.39 is 40.5 Å². The largest absolute Gasteiger partial charge is 0.436 e. The molecule has 0 aliphatic carbocycles. The summed E-state index contributed by atoms with van der Waals surface area (Å²) in [5.74, 6) is -0.885. The monoisotopic (exact) mass is 457 g/mol. The van der Waals surface area contributed by atoms with Crippen molar-refractivity contribution in [3.63, 3.8) is 0 Å². The highest BCUT2D eigenvalue weighted by Crippen LogP contribution is 2.35. The molecule has 0 saturated heterocycles. The number of rotatable bonds is 5. The van der Waals surface area contributed by atoms with Crippen molar-refractivity contribution in [1.29, 1.82) is 0 Å². The van der Waals surface area contributed by atoms with E-state index >= 15 is 0 Å².